The standard InChI is InChI=1S/C16H25NO2/c1-5-7-14-8-9-15(16(12-14)18-4)19-11-10-17-13(3)6-2/h5,7-9,12-13,17H,6,10-11H2,1-4H3/b7-5+. The Balaban J connectivity index is 2.53. The Hall–Kier alpha value is -1.48. The maximum Gasteiger partial charge on any atom is 0.161 e. The molecule has 0 aliphatic rings. The van der Waals surface area contributed by atoms with Crippen molar-refractivity contribution in [2.24, 2.45) is 0 Å². The van der Waals surface area contributed by atoms with Crippen LogP contribution in [0.5, 0.6) is 11.5 Å². The molecule has 0 saturated heterocycles. The van der Waals surface area contributed by atoms with Gasteiger partial charge in [-0.1, -0.05) is 25.1 Å². The van der Waals surface area contributed by atoms with Gasteiger partial charge < -0.3 is 14.8 Å². The van der Waals surface area contributed by atoms with Gasteiger partial charge in [0.25, 0.3) is 0 Å². The van der Waals surface area contributed by atoms with E-state index in [1.165, 1.54) is 0 Å². The summed E-state index contributed by atoms with van der Waals surface area (Å²) in [6.07, 6.45) is 5.17. The van der Waals surface area contributed by atoms with Crippen LogP contribution in [-0.4, -0.2) is 26.3 Å². The predicted octanol–water partition coefficient (Wildman–Crippen LogP) is 3.50. The first kappa shape index (κ1) is 15.6. The molecule has 19 heavy (non-hydrogen) atoms. The predicted molar refractivity (Wildman–Crippen MR) is 81.0 cm³/mol. The van der Waals surface area contributed by atoms with E-state index >= 15 is 0 Å². The SMILES string of the molecule is C/C=C/c1ccc(OCCNC(C)CC)c(OC)c1. The molecule has 0 heterocycles. The molecule has 1 aromatic carbocycles. The minimum atomic E-state index is 0.530. The molecule has 0 aromatic heterocycles. The summed E-state index contributed by atoms with van der Waals surface area (Å²) in [5.74, 6) is 1.57. The lowest BCUT2D eigenvalue weighted by Crippen LogP contribution is -2.29. The smallest absolute Gasteiger partial charge is 0.161 e. The molecule has 0 bridgehead atoms. The average Bonchev–Trinajstić information content (AvgIpc) is 2.44. The topological polar surface area (TPSA) is 30.5 Å². The van der Waals surface area contributed by atoms with E-state index < -0.39 is 0 Å². The van der Waals surface area contributed by atoms with Crippen molar-refractivity contribution >= 4 is 6.08 Å². The molecule has 0 amide bonds. The Morgan fingerprint density at radius 1 is 1.32 bits per heavy atom. The third-order valence-electron chi connectivity index (χ3n) is 3.01. The molecule has 1 unspecified atom stereocenters. The van der Waals surface area contributed by atoms with Crippen LogP contribution in [0.25, 0.3) is 6.08 Å². The second kappa shape index (κ2) is 8.59. The summed E-state index contributed by atoms with van der Waals surface area (Å²) in [6.45, 7) is 7.82. The lowest BCUT2D eigenvalue weighted by molar-refractivity contribution is 0.287. The first-order valence-electron chi connectivity index (χ1n) is 6.88. The van der Waals surface area contributed by atoms with Crippen LogP contribution in [0.3, 0.4) is 0 Å². The number of ether oxygens (including phenoxy) is 2. The first-order valence-corrected chi connectivity index (χ1v) is 6.88. The van der Waals surface area contributed by atoms with Crippen LogP contribution in [0.2, 0.25) is 0 Å². The molecular weight excluding hydrogens is 238 g/mol. The van der Waals surface area contributed by atoms with Crippen molar-refractivity contribution in [2.75, 3.05) is 20.3 Å². The van der Waals surface area contributed by atoms with Crippen LogP contribution in [0.15, 0.2) is 24.3 Å². The van der Waals surface area contributed by atoms with Crippen molar-refractivity contribution in [3.05, 3.63) is 29.8 Å². The van der Waals surface area contributed by atoms with Crippen molar-refractivity contribution in [1.82, 2.24) is 5.32 Å². The fourth-order valence-corrected chi connectivity index (χ4v) is 1.71. The van der Waals surface area contributed by atoms with Crippen LogP contribution in [0, 0.1) is 0 Å². The van der Waals surface area contributed by atoms with Gasteiger partial charge in [-0.05, 0) is 38.0 Å². The van der Waals surface area contributed by atoms with E-state index in [4.69, 9.17) is 9.47 Å². The number of hydrogen-bond donors (Lipinski definition) is 1. The van der Waals surface area contributed by atoms with Gasteiger partial charge in [0.2, 0.25) is 0 Å². The van der Waals surface area contributed by atoms with Crippen molar-refractivity contribution in [3.63, 3.8) is 0 Å². The second-order valence-corrected chi connectivity index (χ2v) is 4.52. The van der Waals surface area contributed by atoms with Gasteiger partial charge in [-0.2, -0.15) is 0 Å². The molecule has 0 spiro atoms. The molecule has 3 nitrogen and oxygen atoms in total. The summed E-state index contributed by atoms with van der Waals surface area (Å²) in [5.41, 5.74) is 1.12. The van der Waals surface area contributed by atoms with E-state index in [-0.39, 0.29) is 0 Å². The quantitative estimate of drug-likeness (QED) is 0.728. The summed E-state index contributed by atoms with van der Waals surface area (Å²) in [7, 11) is 1.67. The molecule has 3 heteroatoms. The summed E-state index contributed by atoms with van der Waals surface area (Å²) in [4.78, 5) is 0. The minimum Gasteiger partial charge on any atom is -0.493 e. The maximum atomic E-state index is 5.74. The van der Waals surface area contributed by atoms with Gasteiger partial charge >= 0.3 is 0 Å². The molecule has 0 radical (unpaired) electrons. The molecule has 1 N–H and O–H groups in total. The molecule has 1 rings (SSSR count). The molecule has 0 aliphatic heterocycles. The van der Waals surface area contributed by atoms with Gasteiger partial charge in [-0.3, -0.25) is 0 Å². The van der Waals surface area contributed by atoms with Gasteiger partial charge in [0.05, 0.1) is 7.11 Å². The summed E-state index contributed by atoms with van der Waals surface area (Å²) in [5, 5.41) is 3.39. The molecule has 1 atom stereocenters. The molecule has 0 fully saturated rings. The Kier molecular flexibility index (Phi) is 7.04. The zero-order valence-electron chi connectivity index (χ0n) is 12.4. The Morgan fingerprint density at radius 3 is 2.74 bits per heavy atom. The zero-order chi connectivity index (χ0) is 14.1. The number of rotatable bonds is 8. The maximum absolute atomic E-state index is 5.74. The Morgan fingerprint density at radius 2 is 2.11 bits per heavy atom. The van der Waals surface area contributed by atoms with E-state index in [0.717, 1.165) is 30.0 Å². The third kappa shape index (κ3) is 5.35. The van der Waals surface area contributed by atoms with E-state index in [9.17, 15) is 0 Å². The number of nitrogens with one attached hydrogen (secondary N) is 1. The van der Waals surface area contributed by atoms with E-state index in [0.29, 0.717) is 12.6 Å². The highest BCUT2D eigenvalue weighted by Gasteiger charge is 2.05. The van der Waals surface area contributed by atoms with Gasteiger partial charge in [-0.25, -0.2) is 0 Å². The number of methoxy groups -OCH3 is 1. The van der Waals surface area contributed by atoms with Gasteiger partial charge in [-0.15, -0.1) is 0 Å². The summed E-state index contributed by atoms with van der Waals surface area (Å²) < 4.78 is 11.1. The van der Waals surface area contributed by atoms with Crippen LogP contribution in [-0.2, 0) is 0 Å². The third-order valence-corrected chi connectivity index (χ3v) is 3.01. The van der Waals surface area contributed by atoms with E-state index in [1.54, 1.807) is 7.11 Å². The van der Waals surface area contributed by atoms with Crippen LogP contribution in [0.4, 0.5) is 0 Å². The van der Waals surface area contributed by atoms with Crippen molar-refractivity contribution in [3.8, 4) is 11.5 Å². The zero-order valence-corrected chi connectivity index (χ0v) is 12.4. The van der Waals surface area contributed by atoms with Crippen molar-refractivity contribution in [1.29, 1.82) is 0 Å². The fourth-order valence-electron chi connectivity index (χ4n) is 1.71. The molecule has 1 aromatic rings. The summed E-state index contributed by atoms with van der Waals surface area (Å²) >= 11 is 0. The molecule has 106 valence electrons. The van der Waals surface area contributed by atoms with Gasteiger partial charge in [0.1, 0.15) is 6.61 Å². The minimum absolute atomic E-state index is 0.530. The summed E-state index contributed by atoms with van der Waals surface area (Å²) in [6, 6.07) is 6.50. The highest BCUT2D eigenvalue weighted by Crippen LogP contribution is 2.28. The number of allylic oxidation sites excluding steroid dienone is 1. The Bertz CT molecular complexity index is 402. The first-order chi connectivity index (χ1) is 9.21. The van der Waals surface area contributed by atoms with Crippen molar-refractivity contribution in [2.45, 2.75) is 33.2 Å². The van der Waals surface area contributed by atoms with Crippen LogP contribution >= 0.6 is 0 Å². The number of benzene rings is 1. The number of hydrogen-bond acceptors (Lipinski definition) is 3. The van der Waals surface area contributed by atoms with Gasteiger partial charge in [0, 0.05) is 12.6 Å². The fraction of sp³-hybridized carbons (Fsp3) is 0.500. The normalized spacial score (nSPS) is 12.6. The molecule has 0 aliphatic carbocycles. The second-order valence-electron chi connectivity index (χ2n) is 4.52. The largest absolute Gasteiger partial charge is 0.493 e. The van der Waals surface area contributed by atoms with Gasteiger partial charge in [0.15, 0.2) is 11.5 Å². The van der Waals surface area contributed by atoms with Crippen LogP contribution in [0.1, 0.15) is 32.8 Å². The Labute approximate surface area is 116 Å². The van der Waals surface area contributed by atoms with E-state index in [2.05, 4.69) is 19.2 Å². The molecular formula is C16H25NO2. The lowest BCUT2D eigenvalue weighted by atomic mass is 10.2. The lowest BCUT2D eigenvalue weighted by Gasteiger charge is -2.14. The molecule has 0 saturated carbocycles. The van der Waals surface area contributed by atoms with Crippen molar-refractivity contribution < 1.29 is 9.47 Å². The average molecular weight is 263 g/mol. The highest BCUT2D eigenvalue weighted by atomic mass is 16.5. The monoisotopic (exact) mass is 263 g/mol. The highest BCUT2D eigenvalue weighted by molar-refractivity contribution is 5.55. The van der Waals surface area contributed by atoms with E-state index in [1.807, 2.05) is 37.3 Å². The van der Waals surface area contributed by atoms with Crippen LogP contribution < -0.4 is 14.8 Å².